The van der Waals surface area contributed by atoms with Crippen molar-refractivity contribution in [3.63, 3.8) is 0 Å². The van der Waals surface area contributed by atoms with E-state index in [-0.39, 0.29) is 11.9 Å². The second-order valence-electron chi connectivity index (χ2n) is 5.62. The molecule has 0 fully saturated rings. The second-order valence-corrected chi connectivity index (χ2v) is 5.62. The zero-order chi connectivity index (χ0) is 16.9. The Morgan fingerprint density at radius 1 is 1.04 bits per heavy atom. The van der Waals surface area contributed by atoms with Gasteiger partial charge < -0.3 is 4.42 Å². The normalized spacial score (nSPS) is 10.6. The number of rotatable bonds is 5. The van der Waals surface area contributed by atoms with Gasteiger partial charge in [-0.05, 0) is 36.1 Å². The quantitative estimate of drug-likeness (QED) is 0.776. The maximum Gasteiger partial charge on any atom is 0.322 e. The molecule has 0 bridgehead atoms. The van der Waals surface area contributed by atoms with E-state index in [2.05, 4.69) is 46.7 Å². The van der Waals surface area contributed by atoms with E-state index in [9.17, 15) is 4.79 Å². The summed E-state index contributed by atoms with van der Waals surface area (Å²) >= 11 is 0. The van der Waals surface area contributed by atoms with Crippen molar-refractivity contribution < 1.29 is 9.21 Å². The fourth-order valence-corrected chi connectivity index (χ4v) is 2.44. The van der Waals surface area contributed by atoms with E-state index in [1.807, 2.05) is 25.1 Å². The van der Waals surface area contributed by atoms with Crippen molar-refractivity contribution in [2.75, 3.05) is 5.32 Å². The molecule has 0 spiro atoms. The van der Waals surface area contributed by atoms with Crippen molar-refractivity contribution in [1.82, 2.24) is 10.2 Å². The minimum atomic E-state index is -0.254. The molecular formula is C19H19N3O2. The fraction of sp³-hybridized carbons (Fsp3) is 0.211. The first-order valence-electron chi connectivity index (χ1n) is 7.93. The van der Waals surface area contributed by atoms with Gasteiger partial charge in [-0.15, -0.1) is 5.10 Å². The van der Waals surface area contributed by atoms with E-state index in [1.54, 1.807) is 6.07 Å². The molecule has 3 rings (SSSR count). The summed E-state index contributed by atoms with van der Waals surface area (Å²) in [5, 5.41) is 10.5. The largest absolute Gasteiger partial charge is 0.407 e. The molecule has 0 unspecified atom stereocenters. The summed E-state index contributed by atoms with van der Waals surface area (Å²) in [7, 11) is 0. The molecule has 2 aromatic carbocycles. The Hall–Kier alpha value is -2.95. The van der Waals surface area contributed by atoms with Crippen molar-refractivity contribution in [3.05, 3.63) is 76.7 Å². The average Bonchev–Trinajstić information content (AvgIpc) is 3.02. The molecule has 1 aromatic heterocycles. The summed E-state index contributed by atoms with van der Waals surface area (Å²) in [6.45, 7) is 4.00. The van der Waals surface area contributed by atoms with Crippen LogP contribution in [0, 0.1) is 6.92 Å². The summed E-state index contributed by atoms with van der Waals surface area (Å²) in [6.07, 6.45) is 1.55. The monoisotopic (exact) mass is 321 g/mol. The van der Waals surface area contributed by atoms with Crippen LogP contribution in [0.15, 0.2) is 52.9 Å². The molecule has 5 heteroatoms. The predicted molar refractivity (Wildman–Crippen MR) is 92.1 cm³/mol. The fourth-order valence-electron chi connectivity index (χ4n) is 2.44. The van der Waals surface area contributed by atoms with Crippen LogP contribution in [0.5, 0.6) is 0 Å². The third-order valence-electron chi connectivity index (χ3n) is 3.86. The minimum absolute atomic E-state index is 0.114. The van der Waals surface area contributed by atoms with Gasteiger partial charge in [0, 0.05) is 5.56 Å². The Bertz CT molecular complexity index is 838. The first-order chi connectivity index (χ1) is 11.7. The van der Waals surface area contributed by atoms with Gasteiger partial charge in [0.25, 0.3) is 5.91 Å². The summed E-state index contributed by atoms with van der Waals surface area (Å²) in [5.74, 6) is 0.218. The number of hydrogen-bond acceptors (Lipinski definition) is 4. The Labute approximate surface area is 140 Å². The third kappa shape index (κ3) is 3.68. The highest BCUT2D eigenvalue weighted by molar-refractivity contribution is 6.04. The standard InChI is InChI=1S/C19H19N3O2/c1-3-14-8-10-15(11-9-14)12-17-21-22-19(24-17)20-18(23)16-7-5-4-6-13(16)2/h4-11H,3,12H2,1-2H3,(H,20,22,23). The highest BCUT2D eigenvalue weighted by Crippen LogP contribution is 2.14. The van der Waals surface area contributed by atoms with Crippen LogP contribution in [-0.2, 0) is 12.8 Å². The molecule has 0 aliphatic rings. The lowest BCUT2D eigenvalue weighted by atomic mass is 10.1. The van der Waals surface area contributed by atoms with Crippen LogP contribution in [-0.4, -0.2) is 16.1 Å². The molecule has 0 aliphatic heterocycles. The molecule has 24 heavy (non-hydrogen) atoms. The van der Waals surface area contributed by atoms with E-state index < -0.39 is 0 Å². The lowest BCUT2D eigenvalue weighted by molar-refractivity contribution is 0.102. The van der Waals surface area contributed by atoms with E-state index >= 15 is 0 Å². The maximum atomic E-state index is 12.2. The number of hydrogen-bond donors (Lipinski definition) is 1. The van der Waals surface area contributed by atoms with Gasteiger partial charge >= 0.3 is 6.01 Å². The number of aromatic nitrogens is 2. The molecule has 5 nitrogen and oxygen atoms in total. The maximum absolute atomic E-state index is 12.2. The summed E-state index contributed by atoms with van der Waals surface area (Å²) in [5.41, 5.74) is 3.86. The van der Waals surface area contributed by atoms with E-state index in [0.717, 1.165) is 17.5 Å². The summed E-state index contributed by atoms with van der Waals surface area (Å²) in [4.78, 5) is 12.2. The minimum Gasteiger partial charge on any atom is -0.407 e. The average molecular weight is 321 g/mol. The van der Waals surface area contributed by atoms with E-state index in [4.69, 9.17) is 4.42 Å². The van der Waals surface area contributed by atoms with Crippen LogP contribution in [0.4, 0.5) is 6.01 Å². The van der Waals surface area contributed by atoms with Crippen molar-refractivity contribution in [1.29, 1.82) is 0 Å². The predicted octanol–water partition coefficient (Wildman–Crippen LogP) is 3.78. The second kappa shape index (κ2) is 7.08. The zero-order valence-electron chi connectivity index (χ0n) is 13.7. The first-order valence-corrected chi connectivity index (χ1v) is 7.93. The molecule has 0 aliphatic carbocycles. The highest BCUT2D eigenvalue weighted by Gasteiger charge is 2.13. The number of aryl methyl sites for hydroxylation is 2. The van der Waals surface area contributed by atoms with Crippen molar-refractivity contribution in [2.24, 2.45) is 0 Å². The van der Waals surface area contributed by atoms with Crippen LogP contribution < -0.4 is 5.32 Å². The van der Waals surface area contributed by atoms with Gasteiger partial charge in [-0.2, -0.15) is 0 Å². The highest BCUT2D eigenvalue weighted by atomic mass is 16.4. The SMILES string of the molecule is CCc1ccc(Cc2nnc(NC(=O)c3ccccc3C)o2)cc1. The number of amides is 1. The van der Waals surface area contributed by atoms with Crippen LogP contribution in [0.2, 0.25) is 0 Å². The van der Waals surface area contributed by atoms with Gasteiger partial charge in [-0.25, -0.2) is 0 Å². The van der Waals surface area contributed by atoms with Crippen molar-refractivity contribution in [2.45, 2.75) is 26.7 Å². The molecule has 1 heterocycles. The molecule has 0 radical (unpaired) electrons. The Morgan fingerprint density at radius 3 is 2.46 bits per heavy atom. The first kappa shape index (κ1) is 15.9. The summed E-state index contributed by atoms with van der Waals surface area (Å²) < 4.78 is 5.52. The molecule has 0 atom stereocenters. The van der Waals surface area contributed by atoms with Crippen LogP contribution in [0.1, 0.15) is 39.9 Å². The van der Waals surface area contributed by atoms with Gasteiger partial charge in [0.05, 0.1) is 6.42 Å². The number of anilines is 1. The van der Waals surface area contributed by atoms with Gasteiger partial charge in [-0.1, -0.05) is 54.5 Å². The lowest BCUT2D eigenvalue weighted by Crippen LogP contribution is -2.13. The van der Waals surface area contributed by atoms with E-state index in [0.29, 0.717) is 17.9 Å². The van der Waals surface area contributed by atoms with Crippen molar-refractivity contribution in [3.8, 4) is 0 Å². The van der Waals surface area contributed by atoms with Crippen LogP contribution >= 0.6 is 0 Å². The molecule has 0 saturated heterocycles. The van der Waals surface area contributed by atoms with Gasteiger partial charge in [0.2, 0.25) is 5.89 Å². The Morgan fingerprint density at radius 2 is 1.75 bits per heavy atom. The van der Waals surface area contributed by atoms with Crippen LogP contribution in [0.25, 0.3) is 0 Å². The smallest absolute Gasteiger partial charge is 0.322 e. The summed E-state index contributed by atoms with van der Waals surface area (Å²) in [6, 6.07) is 15.7. The number of nitrogens with one attached hydrogen (secondary N) is 1. The number of nitrogens with zero attached hydrogens (tertiary/aromatic N) is 2. The molecule has 1 amide bonds. The third-order valence-corrected chi connectivity index (χ3v) is 3.86. The molecule has 3 aromatic rings. The Kier molecular flexibility index (Phi) is 4.70. The van der Waals surface area contributed by atoms with Crippen LogP contribution in [0.3, 0.4) is 0 Å². The molecule has 1 N–H and O–H groups in total. The number of carbonyl (C=O) groups excluding carboxylic acids is 1. The van der Waals surface area contributed by atoms with Gasteiger partial charge in [0.15, 0.2) is 0 Å². The zero-order valence-corrected chi connectivity index (χ0v) is 13.7. The molecule has 0 saturated carbocycles. The Balaban J connectivity index is 1.67. The molecular weight excluding hydrogens is 302 g/mol. The van der Waals surface area contributed by atoms with Crippen molar-refractivity contribution >= 4 is 11.9 Å². The van der Waals surface area contributed by atoms with E-state index in [1.165, 1.54) is 5.56 Å². The van der Waals surface area contributed by atoms with Gasteiger partial charge in [0.1, 0.15) is 0 Å². The van der Waals surface area contributed by atoms with Gasteiger partial charge in [-0.3, -0.25) is 10.1 Å². The lowest BCUT2D eigenvalue weighted by Gasteiger charge is -2.03. The number of carbonyl (C=O) groups is 1. The number of benzene rings is 2. The molecule has 122 valence electrons. The topological polar surface area (TPSA) is 68.0 Å².